The van der Waals surface area contributed by atoms with Crippen molar-refractivity contribution in [3.8, 4) is 0 Å². The number of rotatable bonds is 10. The van der Waals surface area contributed by atoms with Gasteiger partial charge in [0.15, 0.2) is 0 Å². The van der Waals surface area contributed by atoms with Crippen molar-refractivity contribution in [1.82, 2.24) is 19.8 Å². The lowest BCUT2D eigenvalue weighted by molar-refractivity contribution is -0.123. The van der Waals surface area contributed by atoms with Crippen LogP contribution in [0.1, 0.15) is 65.2 Å². The number of para-hydroxylation sites is 1. The first-order chi connectivity index (χ1) is 15.4. The second-order valence-corrected chi connectivity index (χ2v) is 8.73. The van der Waals surface area contributed by atoms with Crippen LogP contribution in [0.2, 0.25) is 0 Å². The number of unbranched alkanes of at least 4 members (excludes halogenated alkanes) is 1. The van der Waals surface area contributed by atoms with Crippen molar-refractivity contribution in [3.63, 3.8) is 0 Å². The molecule has 174 valence electrons. The summed E-state index contributed by atoms with van der Waals surface area (Å²) in [5, 5.41) is 6.33. The maximum atomic E-state index is 13.1. The number of hydrogen-bond acceptors (Lipinski definition) is 4. The molecule has 1 atom stereocenters. The Morgan fingerprint density at radius 2 is 1.78 bits per heavy atom. The van der Waals surface area contributed by atoms with E-state index in [0.717, 1.165) is 32.1 Å². The van der Waals surface area contributed by atoms with Gasteiger partial charge in [-0.05, 0) is 51.2 Å². The van der Waals surface area contributed by atoms with Gasteiger partial charge in [-0.1, -0.05) is 31.9 Å². The Balaban J connectivity index is 1.72. The topological polar surface area (TPSA) is 102 Å². The number of hydrogen-bond donors (Lipinski definition) is 2. The fourth-order valence-corrected chi connectivity index (χ4v) is 4.21. The largest absolute Gasteiger partial charge is 0.353 e. The van der Waals surface area contributed by atoms with Gasteiger partial charge in [-0.2, -0.15) is 0 Å². The zero-order valence-electron chi connectivity index (χ0n) is 19.1. The molecule has 32 heavy (non-hydrogen) atoms. The molecule has 0 spiro atoms. The third-order valence-corrected chi connectivity index (χ3v) is 6.21. The van der Waals surface area contributed by atoms with Gasteiger partial charge in [0.05, 0.1) is 10.9 Å². The summed E-state index contributed by atoms with van der Waals surface area (Å²) in [5.74, 6) is -0.234. The van der Waals surface area contributed by atoms with Crippen LogP contribution in [0.25, 0.3) is 10.9 Å². The summed E-state index contributed by atoms with van der Waals surface area (Å²) in [6.45, 7) is 3.95. The van der Waals surface area contributed by atoms with Crippen LogP contribution >= 0.6 is 0 Å². The molecule has 1 aliphatic rings. The number of amides is 2. The molecule has 2 aromatic rings. The molecule has 3 rings (SSSR count). The van der Waals surface area contributed by atoms with Crippen molar-refractivity contribution >= 4 is 22.7 Å². The number of carbonyl (C=O) groups excluding carboxylic acids is 2. The van der Waals surface area contributed by atoms with Crippen LogP contribution in [-0.2, 0) is 22.7 Å². The Morgan fingerprint density at radius 3 is 2.50 bits per heavy atom. The summed E-state index contributed by atoms with van der Waals surface area (Å²) in [6.07, 6.45) is 6.70. The number of aromatic nitrogens is 2. The number of nitrogens with zero attached hydrogens (tertiary/aromatic N) is 2. The zero-order valence-corrected chi connectivity index (χ0v) is 19.1. The molecule has 0 radical (unpaired) electrons. The predicted octanol–water partition coefficient (Wildman–Crippen LogP) is 2.31. The van der Waals surface area contributed by atoms with E-state index in [-0.39, 0.29) is 36.5 Å². The first kappa shape index (κ1) is 23.8. The van der Waals surface area contributed by atoms with E-state index in [1.165, 1.54) is 9.13 Å². The summed E-state index contributed by atoms with van der Waals surface area (Å²) in [5.41, 5.74) is -0.406. The van der Waals surface area contributed by atoms with E-state index in [2.05, 4.69) is 10.6 Å². The summed E-state index contributed by atoms with van der Waals surface area (Å²) < 4.78 is 2.55. The fraction of sp³-hybridized carbons (Fsp3) is 0.583. The van der Waals surface area contributed by atoms with Gasteiger partial charge in [0.25, 0.3) is 5.56 Å². The molecule has 1 aromatic carbocycles. The molecule has 2 N–H and O–H groups in total. The fourth-order valence-electron chi connectivity index (χ4n) is 4.21. The van der Waals surface area contributed by atoms with Gasteiger partial charge in [0.2, 0.25) is 11.8 Å². The van der Waals surface area contributed by atoms with E-state index in [1.807, 2.05) is 13.8 Å². The molecular weight excluding hydrogens is 408 g/mol. The molecule has 0 unspecified atom stereocenters. The van der Waals surface area contributed by atoms with E-state index in [0.29, 0.717) is 36.2 Å². The van der Waals surface area contributed by atoms with Gasteiger partial charge in [0.1, 0.15) is 6.54 Å². The summed E-state index contributed by atoms with van der Waals surface area (Å²) in [4.78, 5) is 50.6. The molecule has 8 nitrogen and oxygen atoms in total. The highest BCUT2D eigenvalue weighted by Gasteiger charge is 2.18. The molecule has 1 heterocycles. The molecule has 1 saturated carbocycles. The smallest absolute Gasteiger partial charge is 0.331 e. The normalized spacial score (nSPS) is 15.1. The number of carbonyl (C=O) groups is 2. The molecule has 0 saturated heterocycles. The highest BCUT2D eigenvalue weighted by Crippen LogP contribution is 2.17. The van der Waals surface area contributed by atoms with Crippen LogP contribution in [0.4, 0.5) is 0 Å². The van der Waals surface area contributed by atoms with Crippen LogP contribution in [0.3, 0.4) is 0 Å². The van der Waals surface area contributed by atoms with Gasteiger partial charge in [-0.25, -0.2) is 4.79 Å². The van der Waals surface area contributed by atoms with Gasteiger partial charge in [-0.3, -0.25) is 23.5 Å². The zero-order chi connectivity index (χ0) is 23.1. The van der Waals surface area contributed by atoms with Crippen molar-refractivity contribution in [2.45, 2.75) is 90.4 Å². The maximum absolute atomic E-state index is 13.1. The van der Waals surface area contributed by atoms with E-state index in [1.54, 1.807) is 24.3 Å². The Hall–Kier alpha value is -2.90. The number of nitrogens with one attached hydrogen (secondary N) is 2. The Labute approximate surface area is 188 Å². The molecular formula is C24H34N4O4. The van der Waals surface area contributed by atoms with E-state index in [4.69, 9.17) is 0 Å². The summed E-state index contributed by atoms with van der Waals surface area (Å²) in [6, 6.07) is 7.15. The minimum absolute atomic E-state index is 0.00532. The van der Waals surface area contributed by atoms with Crippen LogP contribution in [-0.4, -0.2) is 33.0 Å². The van der Waals surface area contributed by atoms with Crippen LogP contribution in [0, 0.1) is 0 Å². The van der Waals surface area contributed by atoms with Crippen LogP contribution < -0.4 is 21.9 Å². The quantitative estimate of drug-likeness (QED) is 0.551. The lowest BCUT2D eigenvalue weighted by atomic mass is 10.2. The van der Waals surface area contributed by atoms with E-state index < -0.39 is 5.69 Å². The van der Waals surface area contributed by atoms with E-state index in [9.17, 15) is 19.2 Å². The maximum Gasteiger partial charge on any atom is 0.331 e. The van der Waals surface area contributed by atoms with E-state index >= 15 is 0 Å². The number of benzene rings is 1. The summed E-state index contributed by atoms with van der Waals surface area (Å²) >= 11 is 0. The van der Waals surface area contributed by atoms with Crippen LogP contribution in [0.15, 0.2) is 33.9 Å². The van der Waals surface area contributed by atoms with Crippen molar-refractivity contribution < 1.29 is 9.59 Å². The Kier molecular flexibility index (Phi) is 8.25. The first-order valence-electron chi connectivity index (χ1n) is 11.7. The average molecular weight is 443 g/mol. The highest BCUT2D eigenvalue weighted by atomic mass is 16.2. The Morgan fingerprint density at radius 1 is 1.06 bits per heavy atom. The third kappa shape index (κ3) is 5.87. The van der Waals surface area contributed by atoms with Crippen molar-refractivity contribution in [3.05, 3.63) is 45.1 Å². The van der Waals surface area contributed by atoms with Crippen molar-refractivity contribution in [2.75, 3.05) is 0 Å². The Bertz CT molecular complexity index is 1070. The van der Waals surface area contributed by atoms with Gasteiger partial charge in [-0.15, -0.1) is 0 Å². The van der Waals surface area contributed by atoms with Gasteiger partial charge in [0, 0.05) is 25.0 Å². The predicted molar refractivity (Wildman–Crippen MR) is 125 cm³/mol. The lowest BCUT2D eigenvalue weighted by Crippen LogP contribution is -2.43. The molecule has 2 amide bonds. The monoisotopic (exact) mass is 442 g/mol. The van der Waals surface area contributed by atoms with Gasteiger partial charge >= 0.3 is 5.69 Å². The lowest BCUT2D eigenvalue weighted by Gasteiger charge is -2.16. The molecule has 1 fully saturated rings. The average Bonchev–Trinajstić information content (AvgIpc) is 3.28. The molecule has 8 heteroatoms. The van der Waals surface area contributed by atoms with Gasteiger partial charge < -0.3 is 10.6 Å². The first-order valence-corrected chi connectivity index (χ1v) is 11.7. The minimum atomic E-state index is -0.497. The second kappa shape index (κ2) is 11.1. The second-order valence-electron chi connectivity index (χ2n) is 8.73. The molecule has 1 aromatic heterocycles. The van der Waals surface area contributed by atoms with Crippen molar-refractivity contribution in [1.29, 1.82) is 0 Å². The molecule has 0 aliphatic heterocycles. The SMILES string of the molecule is CC[C@H](C)NC(=O)Cn1c(=O)n(CCCCC(=O)NC2CCCC2)c(=O)c2ccccc21. The van der Waals surface area contributed by atoms with Crippen LogP contribution in [0.5, 0.6) is 0 Å². The molecule has 0 bridgehead atoms. The third-order valence-electron chi connectivity index (χ3n) is 6.21. The van der Waals surface area contributed by atoms with Crippen molar-refractivity contribution in [2.24, 2.45) is 0 Å². The number of fused-ring (bicyclic) bond motifs is 1. The summed E-state index contributed by atoms with van der Waals surface area (Å²) in [7, 11) is 0. The standard InChI is InChI=1S/C24H34N4O4/c1-3-17(2)25-22(30)16-28-20-13-7-6-12-19(20)23(31)27(24(28)32)15-9-8-14-21(29)26-18-10-4-5-11-18/h6-7,12-13,17-18H,3-5,8-11,14-16H2,1-2H3,(H,25,30)(H,26,29)/t17-/m0/s1. The highest BCUT2D eigenvalue weighted by molar-refractivity contribution is 5.81. The minimum Gasteiger partial charge on any atom is -0.353 e. The molecule has 1 aliphatic carbocycles.